The minimum Gasteiger partial charge on any atom is -0.378 e. The van der Waals surface area contributed by atoms with Crippen LogP contribution in [0.25, 0.3) is 33.3 Å². The summed E-state index contributed by atoms with van der Waals surface area (Å²) in [4.78, 5) is 63.4. The summed E-state index contributed by atoms with van der Waals surface area (Å²) in [5.41, 5.74) is 10.8. The standard InChI is InChI=1S/C55H68N6O7/c1-9-60-46-22-21-40-30-43(46)44(49(60)42-20-14-25-56-47(42)36(4)66-8)31-54(5,6)33-67-34-55(32-62)24-15-26-61(58-55)52(64)45(29-37-16-13-19-39(40)28-37)57-51(63)48(35(2)3)59(7)53(65)50-41(23-27-68-50)38-17-11-10-12-18-38/h10-14,16-22,25,28,30,32,35-36,41,45,48,50,58H,9,15,23-24,26-27,29,31,33-34H2,1-8H3,(H,57,63)/t36-,41-,45-,48-,50-,55-/m0/s1. The number of methoxy groups -OCH3 is 1. The Hall–Kier alpha value is -5.73. The number of nitrogens with zero attached hydrogens (tertiary/aromatic N) is 4. The summed E-state index contributed by atoms with van der Waals surface area (Å²) in [6.07, 6.45) is 4.21. The van der Waals surface area contributed by atoms with Crippen molar-refractivity contribution in [2.45, 2.75) is 116 Å². The number of hydrogen-bond donors (Lipinski definition) is 2. The SMILES string of the molecule is CCn1c(-c2cccnc2[C@H](C)OC)c2c3cc(ccc31)-c1cccc(c1)C[C@H](NC(=O)[C@H](C(C)C)N(C)C(=O)[C@H]1OCC[C@H]1c1ccccc1)C(=O)N1CCC[C@](C=O)(COCC(C)(C)C2)N1. The molecule has 6 atom stereocenters. The Labute approximate surface area is 400 Å². The second-order valence-corrected chi connectivity index (χ2v) is 20.1. The average Bonchev–Trinajstić information content (AvgIpc) is 3.95. The van der Waals surface area contributed by atoms with E-state index in [9.17, 15) is 19.2 Å². The van der Waals surface area contributed by atoms with E-state index in [1.54, 1.807) is 14.2 Å². The highest BCUT2D eigenvalue weighted by molar-refractivity contribution is 5.96. The summed E-state index contributed by atoms with van der Waals surface area (Å²) in [7, 11) is 3.35. The van der Waals surface area contributed by atoms with Crippen LogP contribution in [0.2, 0.25) is 0 Å². The lowest BCUT2D eigenvalue weighted by Gasteiger charge is -2.42. The topological polar surface area (TPSA) is 144 Å². The molecule has 2 N–H and O–H groups in total. The van der Waals surface area contributed by atoms with Crippen LogP contribution in [0.5, 0.6) is 0 Å². The fraction of sp³-hybridized carbons (Fsp3) is 0.473. The highest BCUT2D eigenvalue weighted by Gasteiger charge is 2.43. The molecule has 2 aromatic heterocycles. The largest absolute Gasteiger partial charge is 0.378 e. The average molecular weight is 925 g/mol. The molecule has 5 aromatic rings. The van der Waals surface area contributed by atoms with Gasteiger partial charge in [-0.25, -0.2) is 5.43 Å². The van der Waals surface area contributed by atoms with Gasteiger partial charge in [-0.1, -0.05) is 88.4 Å². The van der Waals surface area contributed by atoms with Crippen molar-refractivity contribution in [3.63, 3.8) is 0 Å². The van der Waals surface area contributed by atoms with Crippen molar-refractivity contribution in [2.75, 3.05) is 40.5 Å². The van der Waals surface area contributed by atoms with Crippen LogP contribution in [-0.4, -0.2) is 108 Å². The molecule has 3 aliphatic heterocycles. The van der Waals surface area contributed by atoms with Crippen LogP contribution in [0.1, 0.15) is 95.2 Å². The lowest BCUT2D eigenvalue weighted by molar-refractivity contribution is -0.150. The van der Waals surface area contributed by atoms with E-state index in [0.717, 1.165) is 62.9 Å². The van der Waals surface area contributed by atoms with Crippen LogP contribution in [0.4, 0.5) is 0 Å². The van der Waals surface area contributed by atoms with Crippen LogP contribution in [0, 0.1) is 11.3 Å². The van der Waals surface area contributed by atoms with Gasteiger partial charge in [0.05, 0.1) is 30.7 Å². The molecule has 0 spiro atoms. The highest BCUT2D eigenvalue weighted by Crippen LogP contribution is 2.42. The molecular formula is C55H68N6O7. The Morgan fingerprint density at radius 1 is 1.01 bits per heavy atom. The Kier molecular flexibility index (Phi) is 14.7. The third-order valence-electron chi connectivity index (χ3n) is 14.2. The van der Waals surface area contributed by atoms with Crippen LogP contribution >= 0.6 is 0 Å². The molecule has 2 fully saturated rings. The van der Waals surface area contributed by atoms with E-state index in [2.05, 4.69) is 72.5 Å². The Bertz CT molecular complexity index is 2630. The summed E-state index contributed by atoms with van der Waals surface area (Å²) in [5.74, 6) is -1.55. The molecule has 2 saturated heterocycles. The number of rotatable bonds is 11. The second-order valence-electron chi connectivity index (χ2n) is 20.1. The number of amides is 3. The zero-order chi connectivity index (χ0) is 48.3. The number of aromatic nitrogens is 2. The minimum atomic E-state index is -1.17. The van der Waals surface area contributed by atoms with Crippen LogP contribution in [0.3, 0.4) is 0 Å². The number of carbonyl (C=O) groups excluding carboxylic acids is 4. The molecule has 0 unspecified atom stereocenters. The van der Waals surface area contributed by atoms with Crippen molar-refractivity contribution in [1.29, 1.82) is 0 Å². The van der Waals surface area contributed by atoms with Gasteiger partial charge < -0.3 is 33.8 Å². The van der Waals surface area contributed by atoms with Gasteiger partial charge in [-0.3, -0.25) is 24.4 Å². The molecule has 0 aliphatic carbocycles. The molecular weight excluding hydrogens is 857 g/mol. The van der Waals surface area contributed by atoms with Gasteiger partial charge in [0.2, 0.25) is 5.91 Å². The van der Waals surface area contributed by atoms with Gasteiger partial charge in [0.15, 0.2) is 0 Å². The number of nitrogens with one attached hydrogen (secondary N) is 2. The number of aldehydes is 1. The number of hydrazine groups is 1. The maximum atomic E-state index is 14.9. The number of fused-ring (bicyclic) bond motifs is 6. The maximum absolute atomic E-state index is 14.9. The molecule has 68 heavy (non-hydrogen) atoms. The quantitative estimate of drug-likeness (QED) is 0.127. The van der Waals surface area contributed by atoms with Crippen LogP contribution < -0.4 is 10.7 Å². The van der Waals surface area contributed by atoms with Gasteiger partial charge in [-0.05, 0) is 103 Å². The summed E-state index contributed by atoms with van der Waals surface area (Å²) < 4.78 is 20.8. The van der Waals surface area contributed by atoms with Crippen molar-refractivity contribution < 1.29 is 33.4 Å². The summed E-state index contributed by atoms with van der Waals surface area (Å²) in [6, 6.07) is 26.7. The lowest BCUT2D eigenvalue weighted by Crippen LogP contribution is -2.66. The zero-order valence-electron chi connectivity index (χ0n) is 40.9. The molecule has 3 amide bonds. The van der Waals surface area contributed by atoms with Gasteiger partial charge >= 0.3 is 0 Å². The summed E-state index contributed by atoms with van der Waals surface area (Å²) in [5, 5.41) is 5.71. The third-order valence-corrected chi connectivity index (χ3v) is 14.2. The number of carbonyl (C=O) groups is 4. The van der Waals surface area contributed by atoms with E-state index >= 15 is 0 Å². The first kappa shape index (κ1) is 48.7. The van der Waals surface area contributed by atoms with Crippen LogP contribution in [-0.2, 0) is 52.8 Å². The maximum Gasteiger partial charge on any atom is 0.259 e. The van der Waals surface area contributed by atoms with E-state index < -0.39 is 35.0 Å². The Morgan fingerprint density at radius 3 is 2.53 bits per heavy atom. The molecule has 5 heterocycles. The Balaban J connectivity index is 1.19. The second kappa shape index (κ2) is 20.5. The van der Waals surface area contributed by atoms with E-state index in [4.69, 9.17) is 19.2 Å². The van der Waals surface area contributed by atoms with Gasteiger partial charge in [0, 0.05) is 68.9 Å². The van der Waals surface area contributed by atoms with Crippen molar-refractivity contribution in [1.82, 2.24) is 30.2 Å². The molecule has 0 radical (unpaired) electrons. The molecule has 3 aliphatic rings. The number of pyridine rings is 1. The molecule has 360 valence electrons. The fourth-order valence-electron chi connectivity index (χ4n) is 10.7. The molecule has 8 rings (SSSR count). The predicted molar refractivity (Wildman–Crippen MR) is 263 cm³/mol. The van der Waals surface area contributed by atoms with Gasteiger partial charge in [0.25, 0.3) is 11.8 Å². The van der Waals surface area contributed by atoms with Crippen LogP contribution in [0.15, 0.2) is 91.1 Å². The first-order valence-electron chi connectivity index (χ1n) is 24.3. The molecule has 13 heteroatoms. The summed E-state index contributed by atoms with van der Waals surface area (Å²) in [6.45, 7) is 14.2. The minimum absolute atomic E-state index is 0.0458. The first-order chi connectivity index (χ1) is 32.7. The van der Waals surface area contributed by atoms with Crippen molar-refractivity contribution in [3.05, 3.63) is 114 Å². The number of aryl methyl sites for hydroxylation is 1. The van der Waals surface area contributed by atoms with E-state index in [0.29, 0.717) is 45.4 Å². The number of ether oxygens (including phenoxy) is 3. The lowest BCUT2D eigenvalue weighted by atomic mass is 9.84. The van der Waals surface area contributed by atoms with E-state index in [-0.39, 0.29) is 42.8 Å². The zero-order valence-corrected chi connectivity index (χ0v) is 40.9. The first-order valence-corrected chi connectivity index (χ1v) is 24.3. The number of likely N-dealkylation sites (N-methyl/N-ethyl adjacent to an activating group) is 1. The fourth-order valence-corrected chi connectivity index (χ4v) is 10.7. The molecule has 6 bridgehead atoms. The van der Waals surface area contributed by atoms with Gasteiger partial charge in [-0.2, -0.15) is 0 Å². The normalized spacial score (nSPS) is 22.9. The van der Waals surface area contributed by atoms with Crippen molar-refractivity contribution in [3.8, 4) is 22.4 Å². The molecule has 0 saturated carbocycles. The van der Waals surface area contributed by atoms with Crippen molar-refractivity contribution in [2.24, 2.45) is 11.3 Å². The molecule has 13 nitrogen and oxygen atoms in total. The molecule has 3 aromatic carbocycles. The van der Waals surface area contributed by atoms with Crippen molar-refractivity contribution >= 4 is 34.9 Å². The van der Waals surface area contributed by atoms with E-state index in [1.807, 2.05) is 75.5 Å². The smallest absolute Gasteiger partial charge is 0.259 e. The Morgan fingerprint density at radius 2 is 1.79 bits per heavy atom. The predicted octanol–water partition coefficient (Wildman–Crippen LogP) is 7.84. The van der Waals surface area contributed by atoms with E-state index in [1.165, 1.54) is 15.5 Å². The van der Waals surface area contributed by atoms with Gasteiger partial charge in [-0.15, -0.1) is 0 Å². The van der Waals surface area contributed by atoms with Gasteiger partial charge in [0.1, 0.15) is 30.0 Å². The highest BCUT2D eigenvalue weighted by atomic mass is 16.5. The number of hydrogen-bond acceptors (Lipinski definition) is 9. The monoisotopic (exact) mass is 925 g/mol. The number of benzene rings is 3. The summed E-state index contributed by atoms with van der Waals surface area (Å²) >= 11 is 0. The third kappa shape index (κ3) is 9.90.